The van der Waals surface area contributed by atoms with E-state index in [4.69, 9.17) is 4.74 Å². The fraction of sp³-hybridized carbons (Fsp3) is 0.308. The molecule has 3 nitrogen and oxygen atoms in total. The van der Waals surface area contributed by atoms with E-state index in [9.17, 15) is 4.79 Å². The zero-order valence-electron chi connectivity index (χ0n) is 10.0. The first kappa shape index (κ1) is 13.4. The minimum Gasteiger partial charge on any atom is -0.450 e. The van der Waals surface area contributed by atoms with Crippen LogP contribution in [0.25, 0.3) is 10.1 Å². The predicted molar refractivity (Wildman–Crippen MR) is 78.3 cm³/mol. The fourth-order valence-electron chi connectivity index (χ4n) is 1.73. The molecule has 96 valence electrons. The average molecular weight is 328 g/mol. The number of alkyl carbamates (subject to hydrolysis) is 1. The second-order valence-corrected chi connectivity index (χ2v) is 5.63. The summed E-state index contributed by atoms with van der Waals surface area (Å²) in [5, 5.41) is 6.13. The van der Waals surface area contributed by atoms with Crippen molar-refractivity contribution in [1.29, 1.82) is 0 Å². The predicted octanol–water partition coefficient (Wildman–Crippen LogP) is 3.95. The Morgan fingerprint density at radius 3 is 3.11 bits per heavy atom. The molecule has 0 fully saturated rings. The summed E-state index contributed by atoms with van der Waals surface area (Å²) >= 11 is 5.21. The molecule has 2 aromatic rings. The summed E-state index contributed by atoms with van der Waals surface area (Å²) in [5.41, 5.74) is 1.26. The molecule has 1 aromatic heterocycles. The molecule has 1 N–H and O–H groups in total. The fourth-order valence-corrected chi connectivity index (χ4v) is 3.07. The molecule has 5 heteroatoms. The number of ether oxygens (including phenoxy) is 1. The molecular formula is C13H14BrNO2S. The molecule has 0 spiro atoms. The van der Waals surface area contributed by atoms with Crippen LogP contribution in [0.1, 0.15) is 12.5 Å². The molecule has 0 unspecified atom stereocenters. The molecule has 1 amide bonds. The van der Waals surface area contributed by atoms with Crippen LogP contribution >= 0.6 is 27.3 Å². The molecule has 0 atom stereocenters. The maximum absolute atomic E-state index is 11.2. The number of fused-ring (bicyclic) bond motifs is 1. The zero-order chi connectivity index (χ0) is 13.0. The number of rotatable bonds is 4. The van der Waals surface area contributed by atoms with Gasteiger partial charge in [-0.05, 0) is 47.9 Å². The van der Waals surface area contributed by atoms with Crippen molar-refractivity contribution in [2.75, 3.05) is 13.2 Å². The van der Waals surface area contributed by atoms with Crippen molar-refractivity contribution in [3.05, 3.63) is 33.6 Å². The van der Waals surface area contributed by atoms with Crippen LogP contribution in [0.15, 0.2) is 28.1 Å². The second-order valence-electron chi connectivity index (χ2n) is 3.80. The Labute approximate surface area is 118 Å². The molecule has 1 heterocycles. The third-order valence-corrected chi connectivity index (χ3v) is 4.06. The van der Waals surface area contributed by atoms with Gasteiger partial charge in [-0.1, -0.05) is 15.9 Å². The average Bonchev–Trinajstić information content (AvgIpc) is 2.72. The summed E-state index contributed by atoms with van der Waals surface area (Å²) in [5.74, 6) is 0. The lowest BCUT2D eigenvalue weighted by atomic mass is 10.1. The maximum Gasteiger partial charge on any atom is 0.407 e. The Kier molecular flexibility index (Phi) is 4.60. The maximum atomic E-state index is 11.2. The van der Waals surface area contributed by atoms with E-state index in [2.05, 4.69) is 38.8 Å². The van der Waals surface area contributed by atoms with Crippen molar-refractivity contribution >= 4 is 43.4 Å². The quantitative estimate of drug-likeness (QED) is 0.923. The van der Waals surface area contributed by atoms with Crippen molar-refractivity contribution < 1.29 is 9.53 Å². The number of halogens is 1. The molecule has 0 radical (unpaired) electrons. The van der Waals surface area contributed by atoms with Gasteiger partial charge in [-0.3, -0.25) is 0 Å². The number of hydrogen-bond donors (Lipinski definition) is 1. The number of benzene rings is 1. The normalized spacial score (nSPS) is 10.6. The zero-order valence-corrected chi connectivity index (χ0v) is 12.4. The van der Waals surface area contributed by atoms with Crippen molar-refractivity contribution in [3.8, 4) is 0 Å². The Hall–Kier alpha value is -1.07. The number of hydrogen-bond acceptors (Lipinski definition) is 3. The molecule has 0 saturated heterocycles. The molecular weight excluding hydrogens is 314 g/mol. The first-order valence-electron chi connectivity index (χ1n) is 5.77. The monoisotopic (exact) mass is 327 g/mol. The van der Waals surface area contributed by atoms with Gasteiger partial charge in [0.15, 0.2) is 0 Å². The molecule has 0 aliphatic heterocycles. The van der Waals surface area contributed by atoms with Gasteiger partial charge in [-0.15, -0.1) is 11.3 Å². The van der Waals surface area contributed by atoms with E-state index in [1.807, 2.05) is 6.07 Å². The lowest BCUT2D eigenvalue weighted by Crippen LogP contribution is -2.26. The highest BCUT2D eigenvalue weighted by molar-refractivity contribution is 9.10. The van der Waals surface area contributed by atoms with Crippen LogP contribution < -0.4 is 5.32 Å². The second kappa shape index (κ2) is 6.20. The number of carbonyl (C=O) groups excluding carboxylic acids is 1. The van der Waals surface area contributed by atoms with Crippen LogP contribution in [0, 0.1) is 0 Å². The minimum absolute atomic E-state index is 0.349. The van der Waals surface area contributed by atoms with Gasteiger partial charge in [0.2, 0.25) is 0 Å². The number of thiophene rings is 1. The van der Waals surface area contributed by atoms with Crippen molar-refractivity contribution in [2.24, 2.45) is 0 Å². The highest BCUT2D eigenvalue weighted by Crippen LogP contribution is 2.28. The molecule has 0 aliphatic carbocycles. The van der Waals surface area contributed by atoms with E-state index in [0.717, 1.165) is 10.9 Å². The molecule has 0 bridgehead atoms. The summed E-state index contributed by atoms with van der Waals surface area (Å²) in [6.45, 7) is 2.79. The first-order valence-corrected chi connectivity index (χ1v) is 7.44. The number of amides is 1. The van der Waals surface area contributed by atoms with E-state index in [1.165, 1.54) is 15.6 Å². The SMILES string of the molecule is CCOC(=O)NCCc1csc2ccc(Br)cc12. The van der Waals surface area contributed by atoms with Crippen LogP contribution in [0.4, 0.5) is 4.79 Å². The summed E-state index contributed by atoms with van der Waals surface area (Å²) in [4.78, 5) is 11.2. The Morgan fingerprint density at radius 1 is 1.50 bits per heavy atom. The lowest BCUT2D eigenvalue weighted by Gasteiger charge is -2.04. The van der Waals surface area contributed by atoms with E-state index in [-0.39, 0.29) is 6.09 Å². The van der Waals surface area contributed by atoms with Gasteiger partial charge >= 0.3 is 6.09 Å². The van der Waals surface area contributed by atoms with Crippen LogP contribution in [0.5, 0.6) is 0 Å². The molecule has 1 aromatic carbocycles. The van der Waals surface area contributed by atoms with Crippen LogP contribution in [0.2, 0.25) is 0 Å². The Bertz CT molecular complexity index is 553. The minimum atomic E-state index is -0.349. The van der Waals surface area contributed by atoms with Crippen molar-refractivity contribution in [1.82, 2.24) is 5.32 Å². The van der Waals surface area contributed by atoms with Gasteiger partial charge < -0.3 is 10.1 Å². The number of carbonyl (C=O) groups is 1. The standard InChI is InChI=1S/C13H14BrNO2S/c1-2-17-13(16)15-6-5-9-8-18-12-4-3-10(14)7-11(9)12/h3-4,7-8H,2,5-6H2,1H3,(H,15,16). The third kappa shape index (κ3) is 3.23. The molecule has 0 aliphatic rings. The number of nitrogens with one attached hydrogen (secondary N) is 1. The van der Waals surface area contributed by atoms with E-state index in [1.54, 1.807) is 18.3 Å². The van der Waals surface area contributed by atoms with E-state index in [0.29, 0.717) is 13.2 Å². The summed E-state index contributed by atoms with van der Waals surface area (Å²) in [7, 11) is 0. The largest absolute Gasteiger partial charge is 0.450 e. The Morgan fingerprint density at radius 2 is 2.33 bits per heavy atom. The van der Waals surface area contributed by atoms with Crippen molar-refractivity contribution in [3.63, 3.8) is 0 Å². The first-order chi connectivity index (χ1) is 8.70. The van der Waals surface area contributed by atoms with Gasteiger partial charge in [0, 0.05) is 15.7 Å². The highest BCUT2D eigenvalue weighted by Gasteiger charge is 2.05. The summed E-state index contributed by atoms with van der Waals surface area (Å²) in [6.07, 6.45) is 0.466. The summed E-state index contributed by atoms with van der Waals surface area (Å²) in [6, 6.07) is 6.26. The van der Waals surface area contributed by atoms with E-state index >= 15 is 0 Å². The van der Waals surface area contributed by atoms with Gasteiger partial charge in [-0.25, -0.2) is 4.79 Å². The van der Waals surface area contributed by atoms with Gasteiger partial charge in [0.05, 0.1) is 6.61 Å². The highest BCUT2D eigenvalue weighted by atomic mass is 79.9. The molecule has 2 rings (SSSR count). The smallest absolute Gasteiger partial charge is 0.407 e. The van der Waals surface area contributed by atoms with Gasteiger partial charge in [0.25, 0.3) is 0 Å². The van der Waals surface area contributed by atoms with Crippen LogP contribution in [-0.4, -0.2) is 19.2 Å². The topological polar surface area (TPSA) is 38.3 Å². The van der Waals surface area contributed by atoms with Crippen LogP contribution in [0.3, 0.4) is 0 Å². The van der Waals surface area contributed by atoms with Gasteiger partial charge in [0.1, 0.15) is 0 Å². The molecule has 0 saturated carbocycles. The van der Waals surface area contributed by atoms with Crippen molar-refractivity contribution in [2.45, 2.75) is 13.3 Å². The summed E-state index contributed by atoms with van der Waals surface area (Å²) < 4.78 is 7.16. The lowest BCUT2D eigenvalue weighted by molar-refractivity contribution is 0.152. The Balaban J connectivity index is 1.99. The van der Waals surface area contributed by atoms with Gasteiger partial charge in [-0.2, -0.15) is 0 Å². The van der Waals surface area contributed by atoms with E-state index < -0.39 is 0 Å². The van der Waals surface area contributed by atoms with Crippen LogP contribution in [-0.2, 0) is 11.2 Å². The molecule has 18 heavy (non-hydrogen) atoms. The third-order valence-electron chi connectivity index (χ3n) is 2.55.